The van der Waals surface area contributed by atoms with Gasteiger partial charge in [0.05, 0.1) is 29.9 Å². The summed E-state index contributed by atoms with van der Waals surface area (Å²) >= 11 is 0. The van der Waals surface area contributed by atoms with Crippen molar-refractivity contribution >= 4 is 29.0 Å². The Morgan fingerprint density at radius 2 is 1.68 bits per heavy atom. The van der Waals surface area contributed by atoms with E-state index in [1.165, 1.54) is 20.2 Å². The van der Waals surface area contributed by atoms with E-state index in [0.717, 1.165) is 5.56 Å². The number of carbonyl (C=O) groups is 3. The van der Waals surface area contributed by atoms with Crippen molar-refractivity contribution in [2.45, 2.75) is 38.1 Å². The van der Waals surface area contributed by atoms with Crippen molar-refractivity contribution in [3.8, 4) is 0 Å². The molecule has 0 aliphatic heterocycles. The van der Waals surface area contributed by atoms with Crippen LogP contribution in [0.2, 0.25) is 0 Å². The maximum absolute atomic E-state index is 12.8. The molecular weight excluding hydrogens is 440 g/mol. The third-order valence-electron chi connectivity index (χ3n) is 4.96. The number of methoxy groups -OCH3 is 1. The van der Waals surface area contributed by atoms with E-state index in [2.05, 4.69) is 20.6 Å². The minimum Gasteiger partial charge on any atom is -0.467 e. The summed E-state index contributed by atoms with van der Waals surface area (Å²) in [6, 6.07) is 13.8. The van der Waals surface area contributed by atoms with Crippen LogP contribution in [-0.4, -0.2) is 58.3 Å². The number of aliphatic hydroxyl groups is 1. The Kier molecular flexibility index (Phi) is 8.47. The average Bonchev–Trinajstić information content (AvgIpc) is 2.85. The Morgan fingerprint density at radius 3 is 2.35 bits per heavy atom. The maximum atomic E-state index is 12.8. The van der Waals surface area contributed by atoms with Crippen LogP contribution < -0.4 is 10.6 Å². The van der Waals surface area contributed by atoms with Crippen LogP contribution in [0.4, 0.5) is 4.79 Å². The summed E-state index contributed by atoms with van der Waals surface area (Å²) in [5.41, 5.74) is 2.55. The second kappa shape index (κ2) is 11.7. The third-order valence-corrected chi connectivity index (χ3v) is 4.96. The molecule has 3 aromatic rings. The first-order chi connectivity index (χ1) is 16.4. The molecule has 34 heavy (non-hydrogen) atoms. The number of alkyl carbamates (subject to hydrolysis) is 1. The number of esters is 1. The minimum absolute atomic E-state index is 0.00122. The van der Waals surface area contributed by atoms with Crippen LogP contribution in [0.15, 0.2) is 60.8 Å². The molecule has 178 valence electrons. The fourth-order valence-electron chi connectivity index (χ4n) is 3.20. The molecule has 1 heterocycles. The molecule has 0 unspecified atom stereocenters. The molecule has 2 aromatic carbocycles. The molecule has 0 aliphatic rings. The van der Waals surface area contributed by atoms with Crippen LogP contribution in [0.25, 0.3) is 11.0 Å². The summed E-state index contributed by atoms with van der Waals surface area (Å²) < 4.78 is 9.92. The van der Waals surface area contributed by atoms with Gasteiger partial charge in [-0.15, -0.1) is 0 Å². The van der Waals surface area contributed by atoms with Gasteiger partial charge in [0, 0.05) is 12.6 Å². The molecule has 10 nitrogen and oxygen atoms in total. The number of aliphatic hydroxyl groups excluding tert-OH is 1. The first kappa shape index (κ1) is 24.6. The van der Waals surface area contributed by atoms with E-state index in [9.17, 15) is 19.5 Å². The van der Waals surface area contributed by atoms with E-state index in [1.54, 1.807) is 30.3 Å². The number of benzene rings is 2. The highest BCUT2D eigenvalue weighted by molar-refractivity contribution is 5.90. The van der Waals surface area contributed by atoms with Gasteiger partial charge in [0.15, 0.2) is 0 Å². The van der Waals surface area contributed by atoms with E-state index < -0.39 is 36.2 Å². The number of nitrogens with one attached hydrogen (secondary N) is 2. The van der Waals surface area contributed by atoms with Crippen molar-refractivity contribution in [1.82, 2.24) is 20.6 Å². The highest BCUT2D eigenvalue weighted by Gasteiger charge is 2.31. The first-order valence-corrected chi connectivity index (χ1v) is 10.6. The van der Waals surface area contributed by atoms with Gasteiger partial charge in [-0.2, -0.15) is 0 Å². The Labute approximate surface area is 196 Å². The third kappa shape index (κ3) is 6.72. The lowest BCUT2D eigenvalue weighted by Gasteiger charge is -2.23. The summed E-state index contributed by atoms with van der Waals surface area (Å²) in [6.45, 7) is 1.33. The van der Waals surface area contributed by atoms with Crippen molar-refractivity contribution < 1.29 is 29.0 Å². The van der Waals surface area contributed by atoms with Gasteiger partial charge in [0.2, 0.25) is 5.91 Å². The van der Waals surface area contributed by atoms with Crippen LogP contribution in [-0.2, 0) is 32.1 Å². The van der Waals surface area contributed by atoms with Gasteiger partial charge >= 0.3 is 12.1 Å². The number of ether oxygens (including phenoxy) is 2. The predicted octanol–water partition coefficient (Wildman–Crippen LogP) is 1.51. The Morgan fingerprint density at radius 1 is 1.00 bits per heavy atom. The second-order valence-corrected chi connectivity index (χ2v) is 7.56. The molecule has 0 spiro atoms. The molecule has 2 amide bonds. The van der Waals surface area contributed by atoms with E-state index in [-0.39, 0.29) is 13.0 Å². The monoisotopic (exact) mass is 466 g/mol. The molecule has 10 heteroatoms. The van der Waals surface area contributed by atoms with Gasteiger partial charge in [-0.25, -0.2) is 14.6 Å². The van der Waals surface area contributed by atoms with Gasteiger partial charge in [0.1, 0.15) is 18.7 Å². The number of hydrogen-bond donors (Lipinski definition) is 3. The van der Waals surface area contributed by atoms with Gasteiger partial charge in [-0.3, -0.25) is 9.78 Å². The SMILES string of the molecule is COC(=O)[C@H](Cc1cnc2ccccc2n1)NC(=O)[C@@H](NC(=O)OCc1ccccc1)[C@@H](C)O. The molecule has 1 aromatic heterocycles. The van der Waals surface area contributed by atoms with Gasteiger partial charge in [-0.05, 0) is 24.6 Å². The fraction of sp³-hybridized carbons (Fsp3) is 0.292. The first-order valence-electron chi connectivity index (χ1n) is 10.6. The van der Waals surface area contributed by atoms with Crippen LogP contribution in [0.5, 0.6) is 0 Å². The van der Waals surface area contributed by atoms with Crippen molar-refractivity contribution in [2.24, 2.45) is 0 Å². The van der Waals surface area contributed by atoms with Crippen molar-refractivity contribution in [3.05, 3.63) is 72.1 Å². The van der Waals surface area contributed by atoms with Crippen molar-refractivity contribution in [3.63, 3.8) is 0 Å². The topological polar surface area (TPSA) is 140 Å². The summed E-state index contributed by atoms with van der Waals surface area (Å²) in [6.07, 6.45) is -0.639. The number of amides is 2. The molecule has 0 radical (unpaired) electrons. The molecule has 3 atom stereocenters. The lowest BCUT2D eigenvalue weighted by Crippen LogP contribution is -2.56. The van der Waals surface area contributed by atoms with E-state index in [1.807, 2.05) is 24.3 Å². The maximum Gasteiger partial charge on any atom is 0.408 e. The molecule has 3 N–H and O–H groups in total. The number of rotatable bonds is 9. The van der Waals surface area contributed by atoms with Crippen molar-refractivity contribution in [2.75, 3.05) is 7.11 Å². The molecule has 0 saturated heterocycles. The van der Waals surface area contributed by atoms with Crippen LogP contribution >= 0.6 is 0 Å². The summed E-state index contributed by atoms with van der Waals surface area (Å²) in [5, 5.41) is 14.9. The summed E-state index contributed by atoms with van der Waals surface area (Å²) in [5.74, 6) is -1.49. The zero-order valence-electron chi connectivity index (χ0n) is 18.8. The molecule has 0 fully saturated rings. The molecule has 3 rings (SSSR count). The lowest BCUT2D eigenvalue weighted by molar-refractivity contribution is -0.145. The fourth-order valence-corrected chi connectivity index (χ4v) is 3.20. The molecular formula is C24H26N4O6. The predicted molar refractivity (Wildman–Crippen MR) is 122 cm³/mol. The highest BCUT2D eigenvalue weighted by Crippen LogP contribution is 2.11. The quantitative estimate of drug-likeness (QED) is 0.403. The molecule has 0 bridgehead atoms. The standard InChI is InChI=1S/C24H26N4O6/c1-15(29)21(28-24(32)34-14-16-8-4-3-5-9-16)22(30)27-20(23(31)33-2)12-17-13-25-18-10-6-7-11-19(18)26-17/h3-11,13,15,20-21,29H,12,14H2,1-2H3,(H,27,30)(H,28,32)/t15-,20+,21+/m1/s1. The Bertz CT molecular complexity index is 1140. The minimum atomic E-state index is -1.36. The summed E-state index contributed by atoms with van der Waals surface area (Å²) in [7, 11) is 1.19. The lowest BCUT2D eigenvalue weighted by atomic mass is 10.1. The second-order valence-electron chi connectivity index (χ2n) is 7.56. The number of hydrogen-bond acceptors (Lipinski definition) is 8. The number of carbonyl (C=O) groups excluding carboxylic acids is 3. The van der Waals surface area contributed by atoms with Crippen LogP contribution in [0.3, 0.4) is 0 Å². The van der Waals surface area contributed by atoms with Crippen LogP contribution in [0, 0.1) is 0 Å². The van der Waals surface area contributed by atoms with Crippen molar-refractivity contribution in [1.29, 1.82) is 0 Å². The smallest absolute Gasteiger partial charge is 0.408 e. The van der Waals surface area contributed by atoms with E-state index in [4.69, 9.17) is 9.47 Å². The van der Waals surface area contributed by atoms with E-state index >= 15 is 0 Å². The number of nitrogens with zero attached hydrogens (tertiary/aromatic N) is 2. The number of aromatic nitrogens is 2. The number of para-hydroxylation sites is 2. The van der Waals surface area contributed by atoms with Gasteiger partial charge in [-0.1, -0.05) is 42.5 Å². The van der Waals surface area contributed by atoms with Gasteiger partial charge < -0.3 is 25.2 Å². The highest BCUT2D eigenvalue weighted by atomic mass is 16.5. The number of fused-ring (bicyclic) bond motifs is 1. The Hall–Kier alpha value is -4.05. The largest absolute Gasteiger partial charge is 0.467 e. The molecule has 0 saturated carbocycles. The summed E-state index contributed by atoms with van der Waals surface area (Å²) in [4.78, 5) is 46.1. The normalized spacial score (nSPS) is 13.4. The zero-order chi connectivity index (χ0) is 24.5. The van der Waals surface area contributed by atoms with E-state index in [0.29, 0.717) is 16.7 Å². The average molecular weight is 466 g/mol. The molecule has 0 aliphatic carbocycles. The Balaban J connectivity index is 1.66. The zero-order valence-corrected chi connectivity index (χ0v) is 18.8. The van der Waals surface area contributed by atoms with Crippen LogP contribution in [0.1, 0.15) is 18.2 Å². The van der Waals surface area contributed by atoms with Gasteiger partial charge in [0.25, 0.3) is 0 Å².